The van der Waals surface area contributed by atoms with Gasteiger partial charge in [-0.2, -0.15) is 0 Å². The van der Waals surface area contributed by atoms with Gasteiger partial charge in [-0.1, -0.05) is 30.3 Å². The van der Waals surface area contributed by atoms with E-state index in [0.717, 1.165) is 28.5 Å². The van der Waals surface area contributed by atoms with E-state index in [1.807, 2.05) is 31.2 Å². The van der Waals surface area contributed by atoms with Crippen LogP contribution in [0.3, 0.4) is 0 Å². The van der Waals surface area contributed by atoms with Crippen molar-refractivity contribution in [2.45, 2.75) is 25.5 Å². The van der Waals surface area contributed by atoms with Crippen molar-refractivity contribution >= 4 is 10.9 Å². The van der Waals surface area contributed by atoms with Crippen molar-refractivity contribution in [2.24, 2.45) is 5.73 Å². The maximum Gasteiger partial charge on any atom is 0.123 e. The molecule has 1 aromatic heterocycles. The minimum atomic E-state index is -0.218. The summed E-state index contributed by atoms with van der Waals surface area (Å²) in [4.78, 5) is 0. The predicted molar refractivity (Wildman–Crippen MR) is 95.7 cm³/mol. The smallest absolute Gasteiger partial charge is 0.123 e. The van der Waals surface area contributed by atoms with Gasteiger partial charge < -0.3 is 15.0 Å². The van der Waals surface area contributed by atoms with E-state index in [1.54, 1.807) is 13.2 Å². The van der Waals surface area contributed by atoms with E-state index >= 15 is 0 Å². The summed E-state index contributed by atoms with van der Waals surface area (Å²) in [5, 5.41) is 0.929. The number of hydrogen-bond donors (Lipinski definition) is 1. The van der Waals surface area contributed by atoms with Crippen LogP contribution in [0.1, 0.15) is 23.6 Å². The lowest BCUT2D eigenvalue weighted by atomic mass is 9.98. The average Bonchev–Trinajstić information content (AvgIpc) is 2.91. The molecule has 2 unspecified atom stereocenters. The minimum Gasteiger partial charge on any atom is -0.379 e. The van der Waals surface area contributed by atoms with Crippen LogP contribution in [0.5, 0.6) is 0 Å². The fraction of sp³-hybridized carbons (Fsp3) is 0.300. The van der Waals surface area contributed by atoms with Gasteiger partial charge in [0.15, 0.2) is 0 Å². The standard InChI is InChI=1S/C20H23FN2O/c1-14-13-23(18-9-8-16(21)12-17(14)18)20(19(24-2)10-11-22)15-6-4-3-5-7-15/h3-9,12-13,19-20H,10-11,22H2,1-2H3. The second kappa shape index (κ2) is 7.16. The molecular weight excluding hydrogens is 303 g/mol. The normalized spacial score (nSPS) is 14.0. The molecule has 24 heavy (non-hydrogen) atoms. The number of halogens is 1. The zero-order chi connectivity index (χ0) is 17.1. The third kappa shape index (κ3) is 3.07. The molecule has 126 valence electrons. The van der Waals surface area contributed by atoms with Crippen LogP contribution < -0.4 is 5.73 Å². The summed E-state index contributed by atoms with van der Waals surface area (Å²) in [6.45, 7) is 2.56. The number of nitrogens with two attached hydrogens (primary N) is 1. The summed E-state index contributed by atoms with van der Waals surface area (Å²) >= 11 is 0. The van der Waals surface area contributed by atoms with Crippen LogP contribution in [0, 0.1) is 12.7 Å². The molecule has 3 aromatic rings. The van der Waals surface area contributed by atoms with E-state index in [1.165, 1.54) is 6.07 Å². The first-order valence-corrected chi connectivity index (χ1v) is 8.20. The van der Waals surface area contributed by atoms with Crippen LogP contribution in [-0.4, -0.2) is 24.3 Å². The summed E-state index contributed by atoms with van der Waals surface area (Å²) in [5.74, 6) is -0.218. The van der Waals surface area contributed by atoms with Crippen molar-refractivity contribution in [3.05, 3.63) is 71.7 Å². The molecule has 3 nitrogen and oxygen atoms in total. The Morgan fingerprint density at radius 3 is 2.58 bits per heavy atom. The van der Waals surface area contributed by atoms with Crippen molar-refractivity contribution in [3.8, 4) is 0 Å². The lowest BCUT2D eigenvalue weighted by Gasteiger charge is -2.28. The van der Waals surface area contributed by atoms with Gasteiger partial charge in [0.2, 0.25) is 0 Å². The number of nitrogens with zero attached hydrogens (tertiary/aromatic N) is 1. The molecule has 0 saturated carbocycles. The van der Waals surface area contributed by atoms with E-state index < -0.39 is 0 Å². The van der Waals surface area contributed by atoms with Crippen molar-refractivity contribution in [1.82, 2.24) is 4.57 Å². The molecule has 0 saturated heterocycles. The molecule has 0 spiro atoms. The molecule has 0 amide bonds. The highest BCUT2D eigenvalue weighted by atomic mass is 19.1. The lowest BCUT2D eigenvalue weighted by molar-refractivity contribution is 0.0660. The Morgan fingerprint density at radius 1 is 1.17 bits per heavy atom. The Kier molecular flexibility index (Phi) is 4.97. The highest BCUT2D eigenvalue weighted by Gasteiger charge is 2.26. The zero-order valence-electron chi connectivity index (χ0n) is 14.1. The fourth-order valence-corrected chi connectivity index (χ4v) is 3.40. The predicted octanol–water partition coefficient (Wildman–Crippen LogP) is 4.04. The molecule has 1 heterocycles. The largest absolute Gasteiger partial charge is 0.379 e. The number of hydrogen-bond acceptors (Lipinski definition) is 2. The van der Waals surface area contributed by atoms with Gasteiger partial charge in [-0.3, -0.25) is 0 Å². The van der Waals surface area contributed by atoms with E-state index in [-0.39, 0.29) is 18.0 Å². The van der Waals surface area contributed by atoms with Gasteiger partial charge in [-0.05, 0) is 49.2 Å². The summed E-state index contributed by atoms with van der Waals surface area (Å²) in [6, 6.07) is 15.2. The van der Waals surface area contributed by atoms with Crippen LogP contribution in [0.25, 0.3) is 10.9 Å². The van der Waals surface area contributed by atoms with Gasteiger partial charge in [0, 0.05) is 24.2 Å². The summed E-state index contributed by atoms with van der Waals surface area (Å²) in [7, 11) is 1.72. The highest BCUT2D eigenvalue weighted by molar-refractivity contribution is 5.84. The van der Waals surface area contributed by atoms with Gasteiger partial charge in [0.1, 0.15) is 5.82 Å². The number of ether oxygens (including phenoxy) is 1. The molecule has 0 radical (unpaired) electrons. The Hall–Kier alpha value is -2.17. The van der Waals surface area contributed by atoms with Crippen molar-refractivity contribution in [1.29, 1.82) is 0 Å². The number of benzene rings is 2. The van der Waals surface area contributed by atoms with E-state index in [4.69, 9.17) is 10.5 Å². The number of fused-ring (bicyclic) bond motifs is 1. The first kappa shape index (κ1) is 16.7. The molecule has 2 aromatic carbocycles. The molecule has 0 fully saturated rings. The quantitative estimate of drug-likeness (QED) is 0.742. The van der Waals surface area contributed by atoms with Crippen LogP contribution in [-0.2, 0) is 4.74 Å². The SMILES string of the molecule is COC(CCN)C(c1ccccc1)n1cc(C)c2cc(F)ccc21. The summed E-state index contributed by atoms with van der Waals surface area (Å²) < 4.78 is 21.6. The van der Waals surface area contributed by atoms with Gasteiger partial charge in [0.25, 0.3) is 0 Å². The second-order valence-electron chi connectivity index (χ2n) is 6.09. The highest BCUT2D eigenvalue weighted by Crippen LogP contribution is 2.32. The Labute approximate surface area is 141 Å². The van der Waals surface area contributed by atoms with Crippen molar-refractivity contribution < 1.29 is 9.13 Å². The molecule has 0 aliphatic rings. The maximum absolute atomic E-state index is 13.6. The number of rotatable bonds is 6. The van der Waals surface area contributed by atoms with Crippen LogP contribution in [0.15, 0.2) is 54.7 Å². The second-order valence-corrected chi connectivity index (χ2v) is 6.09. The third-order valence-corrected chi connectivity index (χ3v) is 4.54. The molecule has 2 N–H and O–H groups in total. The molecule has 3 rings (SSSR count). The Bertz CT molecular complexity index is 813. The number of aryl methyl sites for hydroxylation is 1. The first-order valence-electron chi connectivity index (χ1n) is 8.20. The topological polar surface area (TPSA) is 40.2 Å². The van der Waals surface area contributed by atoms with Crippen molar-refractivity contribution in [3.63, 3.8) is 0 Å². The van der Waals surface area contributed by atoms with Gasteiger partial charge in [-0.15, -0.1) is 0 Å². The molecule has 0 bridgehead atoms. The Balaban J connectivity index is 2.19. The zero-order valence-corrected chi connectivity index (χ0v) is 14.1. The monoisotopic (exact) mass is 326 g/mol. The lowest BCUT2D eigenvalue weighted by Crippen LogP contribution is -2.29. The van der Waals surface area contributed by atoms with Gasteiger partial charge in [0.05, 0.1) is 12.1 Å². The average molecular weight is 326 g/mol. The van der Waals surface area contributed by atoms with Crippen LogP contribution in [0.4, 0.5) is 4.39 Å². The van der Waals surface area contributed by atoms with E-state index in [9.17, 15) is 4.39 Å². The van der Waals surface area contributed by atoms with Crippen LogP contribution in [0.2, 0.25) is 0 Å². The third-order valence-electron chi connectivity index (χ3n) is 4.54. The Morgan fingerprint density at radius 2 is 1.92 bits per heavy atom. The molecule has 0 aliphatic heterocycles. The summed E-state index contributed by atoms with van der Waals surface area (Å²) in [5.41, 5.74) is 9.00. The molecule has 4 heteroatoms. The van der Waals surface area contributed by atoms with Gasteiger partial charge >= 0.3 is 0 Å². The maximum atomic E-state index is 13.6. The summed E-state index contributed by atoms with van der Waals surface area (Å²) in [6.07, 6.45) is 2.76. The fourth-order valence-electron chi connectivity index (χ4n) is 3.40. The number of methoxy groups -OCH3 is 1. The van der Waals surface area contributed by atoms with E-state index in [2.05, 4.69) is 22.9 Å². The first-order chi connectivity index (χ1) is 11.7. The number of aromatic nitrogens is 1. The molecule has 0 aliphatic carbocycles. The van der Waals surface area contributed by atoms with Crippen molar-refractivity contribution in [2.75, 3.05) is 13.7 Å². The van der Waals surface area contributed by atoms with Gasteiger partial charge in [-0.25, -0.2) is 4.39 Å². The van der Waals surface area contributed by atoms with E-state index in [0.29, 0.717) is 6.54 Å². The molecule has 2 atom stereocenters. The minimum absolute atomic E-state index is 0.0126. The molecular formula is C20H23FN2O. The van der Waals surface area contributed by atoms with Crippen LogP contribution >= 0.6 is 0 Å².